The summed E-state index contributed by atoms with van der Waals surface area (Å²) < 4.78 is 5.40. The highest BCUT2D eigenvalue weighted by Gasteiger charge is 2.28. The maximum Gasteiger partial charge on any atom is 0.251 e. The topological polar surface area (TPSA) is 58.6 Å². The minimum absolute atomic E-state index is 0.0787. The van der Waals surface area contributed by atoms with Crippen molar-refractivity contribution in [3.63, 3.8) is 0 Å². The molecule has 1 fully saturated rings. The molecule has 0 bridgehead atoms. The van der Waals surface area contributed by atoms with E-state index in [0.29, 0.717) is 5.56 Å². The van der Waals surface area contributed by atoms with Crippen LogP contribution in [0.4, 0.5) is 0 Å². The van der Waals surface area contributed by atoms with Gasteiger partial charge in [-0.05, 0) is 49.9 Å². The molecule has 1 amide bonds. The largest absolute Gasteiger partial charge is 0.384 e. The number of nitrogens with one attached hydrogen (secondary N) is 1. The van der Waals surface area contributed by atoms with Crippen LogP contribution in [0.15, 0.2) is 18.2 Å². The van der Waals surface area contributed by atoms with E-state index in [1.807, 2.05) is 19.1 Å². The van der Waals surface area contributed by atoms with Crippen LogP contribution in [-0.2, 0) is 4.74 Å². The summed E-state index contributed by atoms with van der Waals surface area (Å²) in [6.07, 6.45) is 3.12. The van der Waals surface area contributed by atoms with Gasteiger partial charge in [-0.25, -0.2) is 0 Å². The van der Waals surface area contributed by atoms with Crippen LogP contribution in [0.25, 0.3) is 0 Å². The van der Waals surface area contributed by atoms with Crippen molar-refractivity contribution in [1.82, 2.24) is 5.32 Å². The van der Waals surface area contributed by atoms with Gasteiger partial charge in [-0.15, -0.1) is 0 Å². The molecular formula is C17H21NO3. The van der Waals surface area contributed by atoms with Gasteiger partial charge in [0.15, 0.2) is 0 Å². The van der Waals surface area contributed by atoms with Crippen LogP contribution in [0, 0.1) is 18.8 Å². The zero-order chi connectivity index (χ0) is 15.2. The van der Waals surface area contributed by atoms with Crippen LogP contribution < -0.4 is 5.32 Å². The first-order chi connectivity index (χ1) is 10.1. The maximum atomic E-state index is 12.4. The zero-order valence-corrected chi connectivity index (χ0v) is 12.5. The zero-order valence-electron chi connectivity index (χ0n) is 12.5. The standard InChI is InChI=1S/C17H21NO3/c1-12-9-13(5-4-8-19)11-14(10-12)17(20)18-15-6-3-7-16(15)21-2/h9-11,15-16,19H,3,6-8H2,1-2H3,(H,18,20). The van der Waals surface area contributed by atoms with E-state index in [-0.39, 0.29) is 24.7 Å². The van der Waals surface area contributed by atoms with Gasteiger partial charge in [0.05, 0.1) is 12.1 Å². The van der Waals surface area contributed by atoms with Gasteiger partial charge >= 0.3 is 0 Å². The molecule has 2 N–H and O–H groups in total. The van der Waals surface area contributed by atoms with Crippen molar-refractivity contribution in [3.8, 4) is 11.8 Å². The molecule has 112 valence electrons. The summed E-state index contributed by atoms with van der Waals surface area (Å²) in [7, 11) is 1.68. The lowest BCUT2D eigenvalue weighted by molar-refractivity contribution is 0.0722. The number of hydrogen-bond acceptors (Lipinski definition) is 3. The Morgan fingerprint density at radius 3 is 2.95 bits per heavy atom. The Bertz CT molecular complexity index is 571. The third-order valence-electron chi connectivity index (χ3n) is 3.72. The molecule has 1 aliphatic rings. The molecule has 0 heterocycles. The molecule has 1 aliphatic carbocycles. The van der Waals surface area contributed by atoms with Gasteiger partial charge in [0.25, 0.3) is 5.91 Å². The minimum atomic E-state index is -0.187. The van der Waals surface area contributed by atoms with Gasteiger partial charge in [0.1, 0.15) is 6.61 Å². The van der Waals surface area contributed by atoms with Crippen molar-refractivity contribution < 1.29 is 14.6 Å². The molecule has 0 saturated heterocycles. The molecule has 1 saturated carbocycles. The van der Waals surface area contributed by atoms with E-state index < -0.39 is 0 Å². The molecule has 2 unspecified atom stereocenters. The Morgan fingerprint density at radius 2 is 2.24 bits per heavy atom. The van der Waals surface area contributed by atoms with Crippen molar-refractivity contribution in [2.75, 3.05) is 13.7 Å². The number of benzene rings is 1. The molecule has 0 aromatic heterocycles. The average molecular weight is 287 g/mol. The monoisotopic (exact) mass is 287 g/mol. The normalized spacial score (nSPS) is 20.7. The maximum absolute atomic E-state index is 12.4. The number of carbonyl (C=O) groups excluding carboxylic acids is 1. The minimum Gasteiger partial charge on any atom is -0.384 e. The number of amides is 1. The van der Waals surface area contributed by atoms with Crippen LogP contribution in [-0.4, -0.2) is 36.9 Å². The van der Waals surface area contributed by atoms with Crippen LogP contribution >= 0.6 is 0 Å². The summed E-state index contributed by atoms with van der Waals surface area (Å²) in [5.74, 6) is 5.34. The number of methoxy groups -OCH3 is 1. The van der Waals surface area contributed by atoms with Crippen LogP contribution in [0.1, 0.15) is 40.7 Å². The molecule has 4 nitrogen and oxygen atoms in total. The molecule has 4 heteroatoms. The molecule has 0 spiro atoms. The van der Waals surface area contributed by atoms with E-state index in [2.05, 4.69) is 17.2 Å². The molecule has 21 heavy (non-hydrogen) atoms. The Kier molecular flexibility index (Phi) is 5.38. The number of aryl methyl sites for hydroxylation is 1. The smallest absolute Gasteiger partial charge is 0.251 e. The number of ether oxygens (including phenoxy) is 1. The second-order valence-corrected chi connectivity index (χ2v) is 5.33. The van der Waals surface area contributed by atoms with Crippen molar-refractivity contribution in [2.24, 2.45) is 0 Å². The van der Waals surface area contributed by atoms with Gasteiger partial charge in [-0.2, -0.15) is 0 Å². The van der Waals surface area contributed by atoms with Gasteiger partial charge < -0.3 is 15.2 Å². The Morgan fingerprint density at radius 1 is 1.43 bits per heavy atom. The summed E-state index contributed by atoms with van der Waals surface area (Å²) >= 11 is 0. The predicted molar refractivity (Wildman–Crippen MR) is 81.0 cm³/mol. The van der Waals surface area contributed by atoms with E-state index >= 15 is 0 Å². The lowest BCUT2D eigenvalue weighted by Crippen LogP contribution is -2.40. The fraction of sp³-hybridized carbons (Fsp3) is 0.471. The fourth-order valence-electron chi connectivity index (χ4n) is 2.75. The summed E-state index contributed by atoms with van der Waals surface area (Å²) in [4.78, 5) is 12.4. The highest BCUT2D eigenvalue weighted by atomic mass is 16.5. The number of aliphatic hydroxyl groups excluding tert-OH is 1. The fourth-order valence-corrected chi connectivity index (χ4v) is 2.75. The van der Waals surface area contributed by atoms with Gasteiger partial charge in [-0.1, -0.05) is 11.8 Å². The third-order valence-corrected chi connectivity index (χ3v) is 3.72. The third kappa shape index (κ3) is 4.07. The van der Waals surface area contributed by atoms with Crippen LogP contribution in [0.3, 0.4) is 0 Å². The van der Waals surface area contributed by atoms with Crippen molar-refractivity contribution in [3.05, 3.63) is 34.9 Å². The summed E-state index contributed by atoms with van der Waals surface area (Å²) in [5, 5.41) is 11.8. The van der Waals surface area contributed by atoms with Crippen LogP contribution in [0.2, 0.25) is 0 Å². The van der Waals surface area contributed by atoms with Crippen LogP contribution in [0.5, 0.6) is 0 Å². The Hall–Kier alpha value is -1.83. The number of rotatable bonds is 3. The molecule has 1 aromatic rings. The van der Waals surface area contributed by atoms with Gasteiger partial charge in [0.2, 0.25) is 0 Å². The molecular weight excluding hydrogens is 266 g/mol. The van der Waals surface area contributed by atoms with Crippen molar-refractivity contribution in [2.45, 2.75) is 38.3 Å². The summed E-state index contributed by atoms with van der Waals surface area (Å²) in [6.45, 7) is 1.74. The van der Waals surface area contributed by atoms with E-state index in [9.17, 15) is 4.79 Å². The lowest BCUT2D eigenvalue weighted by Gasteiger charge is -2.19. The van der Waals surface area contributed by atoms with E-state index in [0.717, 1.165) is 30.4 Å². The number of aliphatic hydroxyl groups is 1. The first kappa shape index (κ1) is 15.6. The first-order valence-corrected chi connectivity index (χ1v) is 7.19. The van der Waals surface area contributed by atoms with E-state index in [1.54, 1.807) is 13.2 Å². The Balaban J connectivity index is 2.13. The van der Waals surface area contributed by atoms with E-state index in [4.69, 9.17) is 9.84 Å². The summed E-state index contributed by atoms with van der Waals surface area (Å²) in [5.41, 5.74) is 2.31. The van der Waals surface area contributed by atoms with E-state index in [1.165, 1.54) is 0 Å². The van der Waals surface area contributed by atoms with Crippen molar-refractivity contribution in [1.29, 1.82) is 0 Å². The second-order valence-electron chi connectivity index (χ2n) is 5.33. The molecule has 2 rings (SSSR count). The number of carbonyl (C=O) groups is 1. The van der Waals surface area contributed by atoms with Gasteiger partial charge in [-0.3, -0.25) is 4.79 Å². The lowest BCUT2D eigenvalue weighted by atomic mass is 10.1. The number of hydrogen-bond donors (Lipinski definition) is 2. The predicted octanol–water partition coefficient (Wildman–Crippen LogP) is 1.64. The Labute approximate surface area is 125 Å². The molecule has 0 radical (unpaired) electrons. The van der Waals surface area contributed by atoms with Gasteiger partial charge in [0, 0.05) is 18.2 Å². The molecule has 2 atom stereocenters. The molecule has 0 aliphatic heterocycles. The van der Waals surface area contributed by atoms with Crippen molar-refractivity contribution >= 4 is 5.91 Å². The average Bonchev–Trinajstić information content (AvgIpc) is 2.91. The molecule has 1 aromatic carbocycles. The second kappa shape index (κ2) is 7.26. The first-order valence-electron chi connectivity index (χ1n) is 7.19. The quantitative estimate of drug-likeness (QED) is 0.831. The summed E-state index contributed by atoms with van der Waals surface area (Å²) in [6, 6.07) is 5.57. The SMILES string of the molecule is COC1CCCC1NC(=O)c1cc(C)cc(C#CCO)c1. The highest BCUT2D eigenvalue weighted by Crippen LogP contribution is 2.22. The highest BCUT2D eigenvalue weighted by molar-refractivity contribution is 5.95.